The number of hydrogen-bond acceptors (Lipinski definition) is 5. The molecule has 0 N–H and O–H groups in total. The van der Waals surface area contributed by atoms with Crippen molar-refractivity contribution in [1.82, 2.24) is 4.98 Å². The standard InChI is InChI=1S/C22H20BrN3O4/c1-22(2)10-17-21(18(27)11-22)16(13-4-3-5-15(8-13)26(29)30)9-20(28)25(17)19-7-6-14(23)12-24-19/h3-8,12,16H,9-11H2,1-2H3. The minimum Gasteiger partial charge on any atom is -0.294 e. The quantitative estimate of drug-likeness (QED) is 0.469. The SMILES string of the molecule is CC1(C)CC(=O)C2=C(C1)N(c1ccc(Br)cn1)C(=O)CC2c1cccc([N+](=O)[O-])c1. The molecule has 2 aliphatic rings. The predicted octanol–water partition coefficient (Wildman–Crippen LogP) is 4.92. The molecule has 2 aromatic rings. The van der Waals surface area contributed by atoms with E-state index in [1.165, 1.54) is 12.1 Å². The molecule has 154 valence electrons. The van der Waals surface area contributed by atoms with E-state index in [4.69, 9.17) is 0 Å². The monoisotopic (exact) mass is 469 g/mol. The molecule has 8 heteroatoms. The number of aromatic nitrogens is 1. The molecule has 1 unspecified atom stereocenters. The Morgan fingerprint density at radius 1 is 1.20 bits per heavy atom. The Kier molecular flexibility index (Phi) is 5.05. The minimum absolute atomic E-state index is 0.0210. The molecule has 1 aromatic heterocycles. The van der Waals surface area contributed by atoms with Gasteiger partial charge in [0.15, 0.2) is 5.78 Å². The molecule has 0 bridgehead atoms. The molecule has 0 spiro atoms. The number of amides is 1. The number of nitro groups is 1. The van der Waals surface area contributed by atoms with Gasteiger partial charge in [0, 0.05) is 52.8 Å². The van der Waals surface area contributed by atoms with Crippen molar-refractivity contribution in [3.63, 3.8) is 0 Å². The highest BCUT2D eigenvalue weighted by Crippen LogP contribution is 2.48. The lowest BCUT2D eigenvalue weighted by atomic mass is 9.69. The van der Waals surface area contributed by atoms with Crippen LogP contribution < -0.4 is 4.90 Å². The van der Waals surface area contributed by atoms with E-state index in [0.29, 0.717) is 35.5 Å². The molecule has 1 atom stereocenters. The summed E-state index contributed by atoms with van der Waals surface area (Å²) in [5.41, 5.74) is 1.48. The average Bonchev–Trinajstić information content (AvgIpc) is 2.67. The zero-order valence-electron chi connectivity index (χ0n) is 16.6. The van der Waals surface area contributed by atoms with Crippen LogP contribution in [0.25, 0.3) is 0 Å². The molecule has 30 heavy (non-hydrogen) atoms. The third kappa shape index (κ3) is 3.67. The minimum atomic E-state index is -0.498. The van der Waals surface area contributed by atoms with Gasteiger partial charge < -0.3 is 0 Å². The van der Waals surface area contributed by atoms with Crippen LogP contribution in [0, 0.1) is 15.5 Å². The van der Waals surface area contributed by atoms with Gasteiger partial charge in [-0.15, -0.1) is 0 Å². The number of benzene rings is 1. The number of carbonyl (C=O) groups excluding carboxylic acids is 2. The van der Waals surface area contributed by atoms with Crippen molar-refractivity contribution in [3.05, 3.63) is 74.0 Å². The molecule has 1 aliphatic heterocycles. The molecule has 1 aliphatic carbocycles. The van der Waals surface area contributed by atoms with Gasteiger partial charge in [-0.25, -0.2) is 4.98 Å². The summed E-state index contributed by atoms with van der Waals surface area (Å²) in [5.74, 6) is -0.223. The first-order chi connectivity index (χ1) is 14.2. The van der Waals surface area contributed by atoms with Crippen molar-refractivity contribution >= 4 is 39.1 Å². The fourth-order valence-corrected chi connectivity index (χ4v) is 4.56. The van der Waals surface area contributed by atoms with Crippen molar-refractivity contribution in [2.24, 2.45) is 5.41 Å². The lowest BCUT2D eigenvalue weighted by molar-refractivity contribution is -0.384. The highest BCUT2D eigenvalue weighted by molar-refractivity contribution is 9.10. The number of halogens is 1. The highest BCUT2D eigenvalue weighted by atomic mass is 79.9. The van der Waals surface area contributed by atoms with Crippen LogP contribution in [0.4, 0.5) is 11.5 Å². The van der Waals surface area contributed by atoms with E-state index in [1.807, 2.05) is 13.8 Å². The summed E-state index contributed by atoms with van der Waals surface area (Å²) in [7, 11) is 0. The van der Waals surface area contributed by atoms with Crippen molar-refractivity contribution in [3.8, 4) is 0 Å². The summed E-state index contributed by atoms with van der Waals surface area (Å²) >= 11 is 3.35. The van der Waals surface area contributed by atoms with Gasteiger partial charge in [-0.05, 0) is 45.5 Å². The number of nitro benzene ring substituents is 1. The molecule has 1 aromatic carbocycles. The van der Waals surface area contributed by atoms with Crippen molar-refractivity contribution in [2.75, 3.05) is 4.90 Å². The van der Waals surface area contributed by atoms with Gasteiger partial charge in [-0.3, -0.25) is 24.6 Å². The summed E-state index contributed by atoms with van der Waals surface area (Å²) in [6, 6.07) is 9.76. The van der Waals surface area contributed by atoms with Gasteiger partial charge in [0.05, 0.1) is 4.92 Å². The Bertz CT molecular complexity index is 1090. The fourth-order valence-electron chi connectivity index (χ4n) is 4.32. The zero-order valence-corrected chi connectivity index (χ0v) is 18.2. The van der Waals surface area contributed by atoms with Crippen LogP contribution in [0.5, 0.6) is 0 Å². The third-order valence-electron chi connectivity index (χ3n) is 5.57. The summed E-state index contributed by atoms with van der Waals surface area (Å²) < 4.78 is 0.791. The number of allylic oxidation sites excluding steroid dienone is 2. The van der Waals surface area contributed by atoms with Crippen LogP contribution >= 0.6 is 15.9 Å². The second-order valence-electron chi connectivity index (χ2n) is 8.47. The van der Waals surface area contributed by atoms with Crippen LogP contribution in [-0.2, 0) is 9.59 Å². The predicted molar refractivity (Wildman–Crippen MR) is 115 cm³/mol. The van der Waals surface area contributed by atoms with Gasteiger partial charge in [0.1, 0.15) is 5.82 Å². The highest BCUT2D eigenvalue weighted by Gasteiger charge is 2.44. The Morgan fingerprint density at radius 2 is 1.97 bits per heavy atom. The van der Waals surface area contributed by atoms with Crippen LogP contribution in [0.1, 0.15) is 44.6 Å². The van der Waals surface area contributed by atoms with Crippen molar-refractivity contribution in [2.45, 2.75) is 39.0 Å². The molecule has 0 saturated heterocycles. The van der Waals surface area contributed by atoms with E-state index >= 15 is 0 Å². The average molecular weight is 470 g/mol. The second-order valence-corrected chi connectivity index (χ2v) is 9.39. The molecule has 7 nitrogen and oxygen atoms in total. The Labute approximate surface area is 182 Å². The molecule has 0 fully saturated rings. The molecule has 1 amide bonds. The summed E-state index contributed by atoms with van der Waals surface area (Å²) in [6.45, 7) is 4.01. The first kappa shape index (κ1) is 20.4. The van der Waals surface area contributed by atoms with Gasteiger partial charge in [0.25, 0.3) is 5.69 Å². The van der Waals surface area contributed by atoms with Crippen LogP contribution in [0.15, 0.2) is 58.3 Å². The Morgan fingerprint density at radius 3 is 2.63 bits per heavy atom. The zero-order chi connectivity index (χ0) is 21.6. The van der Waals surface area contributed by atoms with E-state index in [9.17, 15) is 19.7 Å². The van der Waals surface area contributed by atoms with E-state index < -0.39 is 10.8 Å². The number of ketones is 1. The maximum absolute atomic E-state index is 13.2. The number of carbonyl (C=O) groups is 2. The molecule has 2 heterocycles. The molecular weight excluding hydrogens is 450 g/mol. The maximum Gasteiger partial charge on any atom is 0.269 e. The van der Waals surface area contributed by atoms with E-state index in [-0.39, 0.29) is 29.2 Å². The molecular formula is C22H20BrN3O4. The summed E-state index contributed by atoms with van der Waals surface area (Å²) in [4.78, 5) is 43.2. The summed E-state index contributed by atoms with van der Waals surface area (Å²) in [6.07, 6.45) is 2.59. The van der Waals surface area contributed by atoms with E-state index in [2.05, 4.69) is 20.9 Å². The third-order valence-corrected chi connectivity index (χ3v) is 6.04. The first-order valence-corrected chi connectivity index (χ1v) is 10.4. The van der Waals surface area contributed by atoms with Crippen molar-refractivity contribution < 1.29 is 14.5 Å². The largest absolute Gasteiger partial charge is 0.294 e. The van der Waals surface area contributed by atoms with Gasteiger partial charge >= 0.3 is 0 Å². The van der Waals surface area contributed by atoms with Crippen LogP contribution in [-0.4, -0.2) is 21.6 Å². The van der Waals surface area contributed by atoms with Gasteiger partial charge in [-0.1, -0.05) is 26.0 Å². The smallest absolute Gasteiger partial charge is 0.269 e. The molecule has 4 rings (SSSR count). The Balaban J connectivity index is 1.89. The van der Waals surface area contributed by atoms with Crippen LogP contribution in [0.2, 0.25) is 0 Å². The maximum atomic E-state index is 13.2. The topological polar surface area (TPSA) is 93.4 Å². The first-order valence-electron chi connectivity index (χ1n) is 9.61. The van der Waals surface area contributed by atoms with E-state index in [1.54, 1.807) is 35.4 Å². The lowest BCUT2D eigenvalue weighted by Crippen LogP contribution is -2.44. The number of nitrogens with zero attached hydrogens (tertiary/aromatic N) is 3. The van der Waals surface area contributed by atoms with Crippen molar-refractivity contribution in [1.29, 1.82) is 0 Å². The van der Waals surface area contributed by atoms with Crippen LogP contribution in [0.3, 0.4) is 0 Å². The number of non-ortho nitro benzene ring substituents is 1. The van der Waals surface area contributed by atoms with Gasteiger partial charge in [-0.2, -0.15) is 0 Å². The second kappa shape index (κ2) is 7.43. The Hall–Kier alpha value is -2.87. The molecule has 0 radical (unpaired) electrons. The fraction of sp³-hybridized carbons (Fsp3) is 0.318. The lowest BCUT2D eigenvalue weighted by Gasteiger charge is -2.42. The van der Waals surface area contributed by atoms with E-state index in [0.717, 1.165) is 4.47 Å². The summed E-state index contributed by atoms with van der Waals surface area (Å²) in [5, 5.41) is 11.2. The van der Waals surface area contributed by atoms with Gasteiger partial charge in [0.2, 0.25) is 5.91 Å². The number of rotatable bonds is 3. The molecule has 0 saturated carbocycles. The number of hydrogen-bond donors (Lipinski definition) is 0. The number of Topliss-reactive ketones (excluding diaryl/α,β-unsaturated/α-hetero) is 1. The number of pyridine rings is 1. The number of anilines is 1. The normalized spacial score (nSPS) is 20.9.